The minimum atomic E-state index is -1.97. The van der Waals surface area contributed by atoms with Crippen molar-refractivity contribution in [2.45, 2.75) is 64.4 Å². The van der Waals surface area contributed by atoms with Gasteiger partial charge in [0, 0.05) is 18.0 Å². The zero-order valence-electron chi connectivity index (χ0n) is 16.8. The number of carbonyl (C=O) groups excluding carboxylic acids is 3. The summed E-state index contributed by atoms with van der Waals surface area (Å²) in [7, 11) is 0. The van der Waals surface area contributed by atoms with E-state index < -0.39 is 29.6 Å². The van der Waals surface area contributed by atoms with E-state index in [1.54, 1.807) is 19.9 Å². The second-order valence-electron chi connectivity index (χ2n) is 8.00. The molecule has 3 rings (SSSR count). The van der Waals surface area contributed by atoms with E-state index in [2.05, 4.69) is 4.90 Å². The predicted octanol–water partition coefficient (Wildman–Crippen LogP) is 0.814. The summed E-state index contributed by atoms with van der Waals surface area (Å²) in [6.45, 7) is 8.24. The first-order chi connectivity index (χ1) is 13.2. The number of ether oxygens (including phenoxy) is 3. The Labute approximate surface area is 164 Å². The summed E-state index contributed by atoms with van der Waals surface area (Å²) in [5.41, 5.74) is -1.41. The van der Waals surface area contributed by atoms with E-state index in [4.69, 9.17) is 14.2 Å². The van der Waals surface area contributed by atoms with Crippen molar-refractivity contribution in [3.63, 3.8) is 0 Å². The first-order valence-electron chi connectivity index (χ1n) is 9.88. The smallest absolute Gasteiger partial charge is 0.343 e. The fourth-order valence-electron chi connectivity index (χ4n) is 4.41. The highest BCUT2D eigenvalue weighted by Gasteiger charge is 2.59. The minimum Gasteiger partial charge on any atom is -0.463 e. The quantitative estimate of drug-likeness (QED) is 0.415. The summed E-state index contributed by atoms with van der Waals surface area (Å²) in [6.07, 6.45) is 2.08. The van der Waals surface area contributed by atoms with Crippen LogP contribution in [0.3, 0.4) is 0 Å². The molecule has 3 fully saturated rings. The van der Waals surface area contributed by atoms with E-state index in [0.717, 1.165) is 25.9 Å². The van der Waals surface area contributed by atoms with Crippen molar-refractivity contribution in [3.8, 4) is 0 Å². The van der Waals surface area contributed by atoms with Crippen molar-refractivity contribution in [1.82, 2.24) is 4.90 Å². The Hall–Kier alpha value is -1.93. The Morgan fingerprint density at radius 1 is 1.32 bits per heavy atom. The van der Waals surface area contributed by atoms with Gasteiger partial charge in [-0.3, -0.25) is 9.69 Å². The minimum absolute atomic E-state index is 0.00222. The fraction of sp³-hybridized carbons (Fsp3) is 0.750. The molecule has 0 unspecified atom stereocenters. The van der Waals surface area contributed by atoms with Gasteiger partial charge in [-0.25, -0.2) is 9.59 Å². The van der Waals surface area contributed by atoms with Gasteiger partial charge in [0.05, 0.1) is 18.6 Å². The average Bonchev–Trinajstić information content (AvgIpc) is 3.31. The van der Waals surface area contributed by atoms with Crippen molar-refractivity contribution in [1.29, 1.82) is 0 Å². The zero-order valence-corrected chi connectivity index (χ0v) is 16.8. The maximum atomic E-state index is 12.6. The van der Waals surface area contributed by atoms with Crippen LogP contribution in [0.2, 0.25) is 0 Å². The molecule has 0 spiro atoms. The van der Waals surface area contributed by atoms with Crippen LogP contribution in [-0.2, 0) is 28.6 Å². The number of hydrogen-bond donors (Lipinski definition) is 1. The number of hydrogen-bond acceptors (Lipinski definition) is 8. The molecule has 3 heterocycles. The molecule has 3 saturated heterocycles. The third-order valence-electron chi connectivity index (χ3n) is 6.47. The molecule has 28 heavy (non-hydrogen) atoms. The molecule has 8 nitrogen and oxygen atoms in total. The van der Waals surface area contributed by atoms with Gasteiger partial charge >= 0.3 is 17.9 Å². The van der Waals surface area contributed by atoms with Crippen molar-refractivity contribution in [2.75, 3.05) is 19.7 Å². The number of rotatable bonds is 5. The largest absolute Gasteiger partial charge is 0.463 e. The van der Waals surface area contributed by atoms with Crippen LogP contribution < -0.4 is 0 Å². The van der Waals surface area contributed by atoms with E-state index in [-0.39, 0.29) is 30.6 Å². The molecule has 0 radical (unpaired) electrons. The van der Waals surface area contributed by atoms with Crippen LogP contribution in [0, 0.1) is 11.8 Å². The van der Waals surface area contributed by atoms with E-state index in [1.807, 2.05) is 0 Å². The highest BCUT2D eigenvalue weighted by Crippen LogP contribution is 2.37. The second-order valence-corrected chi connectivity index (χ2v) is 8.00. The molecule has 0 aromatic heterocycles. The lowest BCUT2D eigenvalue weighted by Crippen LogP contribution is -2.51. The molecule has 3 aliphatic heterocycles. The Kier molecular flexibility index (Phi) is 5.82. The van der Waals surface area contributed by atoms with Gasteiger partial charge in [-0.1, -0.05) is 6.08 Å². The lowest BCUT2D eigenvalue weighted by atomic mass is 9.87. The summed E-state index contributed by atoms with van der Waals surface area (Å²) in [5.74, 6) is -2.74. The Balaban J connectivity index is 1.62. The molecule has 0 aliphatic carbocycles. The normalized spacial score (nSPS) is 38.2. The molecular weight excluding hydrogens is 366 g/mol. The van der Waals surface area contributed by atoms with Gasteiger partial charge in [0.2, 0.25) is 5.60 Å². The molecule has 0 aromatic rings. The molecule has 156 valence electrons. The summed E-state index contributed by atoms with van der Waals surface area (Å²) < 4.78 is 16.1. The molecule has 8 heteroatoms. The third kappa shape index (κ3) is 3.43. The number of carbonyl (C=O) groups is 3. The van der Waals surface area contributed by atoms with Gasteiger partial charge in [-0.2, -0.15) is 0 Å². The Bertz CT molecular complexity index is 690. The first-order valence-corrected chi connectivity index (χ1v) is 9.88. The first kappa shape index (κ1) is 20.8. The summed E-state index contributed by atoms with van der Waals surface area (Å²) in [4.78, 5) is 38.6. The summed E-state index contributed by atoms with van der Waals surface area (Å²) in [6, 6.07) is -0.00708. The van der Waals surface area contributed by atoms with Crippen LogP contribution in [0.5, 0.6) is 0 Å². The SMILES string of the molecule is C/C=C(/C)C(=O)O[C@H]1CCN2CC[C@@H](COC(=O)[C@@]3(O)[C@H](C)OC(=O)[C@@H]3C)[C@H]12. The van der Waals surface area contributed by atoms with Crippen LogP contribution in [-0.4, -0.2) is 71.5 Å². The summed E-state index contributed by atoms with van der Waals surface area (Å²) >= 11 is 0. The standard InChI is InChI=1S/C20H29NO7/c1-5-11(2)17(22)28-15-7-9-21-8-6-14(16(15)21)10-26-19(24)20(25)12(3)18(23)27-13(20)4/h5,12-16,25H,6-10H2,1-4H3/b11-5-/t12-,13-,14-,15-,16+,20-/m0/s1. The zero-order chi connectivity index (χ0) is 20.6. The highest BCUT2D eigenvalue weighted by atomic mass is 16.6. The monoisotopic (exact) mass is 395 g/mol. The molecule has 0 aromatic carbocycles. The molecule has 3 aliphatic rings. The molecule has 0 amide bonds. The topological polar surface area (TPSA) is 102 Å². The number of aliphatic hydroxyl groups is 1. The number of allylic oxidation sites excluding steroid dienone is 1. The van der Waals surface area contributed by atoms with Crippen LogP contribution in [0.25, 0.3) is 0 Å². The van der Waals surface area contributed by atoms with Gasteiger partial charge in [0.1, 0.15) is 12.2 Å². The maximum absolute atomic E-state index is 12.6. The van der Waals surface area contributed by atoms with Gasteiger partial charge < -0.3 is 19.3 Å². The van der Waals surface area contributed by atoms with Gasteiger partial charge in [0.15, 0.2) is 0 Å². The van der Waals surface area contributed by atoms with Crippen LogP contribution in [0.4, 0.5) is 0 Å². The number of fused-ring (bicyclic) bond motifs is 1. The predicted molar refractivity (Wildman–Crippen MR) is 98.0 cm³/mol. The maximum Gasteiger partial charge on any atom is 0.343 e. The van der Waals surface area contributed by atoms with Gasteiger partial charge in [-0.05, 0) is 47.1 Å². The molecule has 0 saturated carbocycles. The van der Waals surface area contributed by atoms with Crippen molar-refractivity contribution in [2.24, 2.45) is 11.8 Å². The summed E-state index contributed by atoms with van der Waals surface area (Å²) in [5, 5.41) is 10.7. The van der Waals surface area contributed by atoms with Gasteiger partial charge in [-0.15, -0.1) is 0 Å². The van der Waals surface area contributed by atoms with Crippen LogP contribution >= 0.6 is 0 Å². The van der Waals surface area contributed by atoms with E-state index in [1.165, 1.54) is 13.8 Å². The van der Waals surface area contributed by atoms with Crippen molar-refractivity contribution < 1.29 is 33.7 Å². The highest BCUT2D eigenvalue weighted by molar-refractivity contribution is 5.91. The lowest BCUT2D eigenvalue weighted by Gasteiger charge is -2.29. The van der Waals surface area contributed by atoms with Crippen molar-refractivity contribution in [3.05, 3.63) is 11.6 Å². The Morgan fingerprint density at radius 3 is 2.61 bits per heavy atom. The lowest BCUT2D eigenvalue weighted by molar-refractivity contribution is -0.176. The van der Waals surface area contributed by atoms with E-state index in [9.17, 15) is 19.5 Å². The van der Waals surface area contributed by atoms with E-state index >= 15 is 0 Å². The second kappa shape index (κ2) is 7.83. The Morgan fingerprint density at radius 2 is 2.00 bits per heavy atom. The average molecular weight is 395 g/mol. The van der Waals surface area contributed by atoms with Gasteiger partial charge in [0.25, 0.3) is 0 Å². The molecule has 0 bridgehead atoms. The third-order valence-corrected chi connectivity index (χ3v) is 6.47. The number of cyclic esters (lactones) is 1. The number of esters is 3. The van der Waals surface area contributed by atoms with E-state index in [0.29, 0.717) is 5.57 Å². The van der Waals surface area contributed by atoms with Crippen molar-refractivity contribution >= 4 is 17.9 Å². The number of nitrogens with zero attached hydrogens (tertiary/aromatic N) is 1. The molecular formula is C20H29NO7. The van der Waals surface area contributed by atoms with Crippen LogP contribution in [0.1, 0.15) is 40.5 Å². The molecule has 6 atom stereocenters. The fourth-order valence-corrected chi connectivity index (χ4v) is 4.41. The van der Waals surface area contributed by atoms with Crippen LogP contribution in [0.15, 0.2) is 11.6 Å². The molecule has 1 N–H and O–H groups in total.